The van der Waals surface area contributed by atoms with Crippen molar-refractivity contribution < 1.29 is 4.79 Å². The molecule has 0 spiro atoms. The van der Waals surface area contributed by atoms with Crippen LogP contribution in [0.1, 0.15) is 40.8 Å². The predicted molar refractivity (Wildman–Crippen MR) is 88.1 cm³/mol. The Bertz CT molecular complexity index is 899. The van der Waals surface area contributed by atoms with Crippen LogP contribution in [0.25, 0.3) is 11.0 Å². The summed E-state index contributed by atoms with van der Waals surface area (Å²) in [5.41, 5.74) is 8.65. The van der Waals surface area contributed by atoms with Crippen LogP contribution in [0.5, 0.6) is 0 Å². The quantitative estimate of drug-likeness (QED) is 0.740. The maximum atomic E-state index is 13.0. The Morgan fingerprint density at radius 3 is 2.92 bits per heavy atom. The normalized spacial score (nSPS) is 17.5. The number of benzene rings is 1. The molecule has 1 aromatic carbocycles. The zero-order valence-corrected chi connectivity index (χ0v) is 13.2. The van der Waals surface area contributed by atoms with Crippen LogP contribution in [0.15, 0.2) is 24.3 Å². The van der Waals surface area contributed by atoms with Gasteiger partial charge in [-0.05, 0) is 38.0 Å². The van der Waals surface area contributed by atoms with E-state index in [-0.39, 0.29) is 11.9 Å². The zero-order valence-electron chi connectivity index (χ0n) is 13.2. The Hall–Kier alpha value is -3.03. The Morgan fingerprint density at radius 1 is 1.25 bits per heavy atom. The summed E-state index contributed by atoms with van der Waals surface area (Å²) >= 11 is 0. The van der Waals surface area contributed by atoms with Crippen LogP contribution < -0.4 is 5.73 Å². The van der Waals surface area contributed by atoms with E-state index in [1.54, 1.807) is 31.2 Å². The number of nitrogens with one attached hydrogen (secondary N) is 1. The molecule has 0 unspecified atom stereocenters. The van der Waals surface area contributed by atoms with E-state index >= 15 is 0 Å². The van der Waals surface area contributed by atoms with Crippen molar-refractivity contribution in [3.8, 4) is 0 Å². The van der Waals surface area contributed by atoms with Crippen LogP contribution in [-0.2, 0) is 0 Å². The van der Waals surface area contributed by atoms with Gasteiger partial charge in [0, 0.05) is 18.2 Å². The van der Waals surface area contributed by atoms with Gasteiger partial charge in [0.2, 0.25) is 0 Å². The largest absolute Gasteiger partial charge is 0.384 e. The second-order valence-electron chi connectivity index (χ2n) is 5.95. The fourth-order valence-corrected chi connectivity index (χ4v) is 3.24. The van der Waals surface area contributed by atoms with Gasteiger partial charge < -0.3 is 10.6 Å². The van der Waals surface area contributed by atoms with Crippen molar-refractivity contribution in [3.63, 3.8) is 0 Å². The molecule has 8 heteroatoms. The summed E-state index contributed by atoms with van der Waals surface area (Å²) in [5.74, 6) is 1.02. The van der Waals surface area contributed by atoms with E-state index in [2.05, 4.69) is 25.4 Å². The Balaban J connectivity index is 1.67. The third kappa shape index (κ3) is 2.45. The number of nitrogens with two attached hydrogens (primary N) is 1. The SMILES string of the molecule is Cc1nc(N)cc([C@@H]2CCCN2C(=O)c2ccc3n[nH]nc3c2)n1. The van der Waals surface area contributed by atoms with Gasteiger partial charge in [-0.1, -0.05) is 0 Å². The molecule has 122 valence electrons. The lowest BCUT2D eigenvalue weighted by Gasteiger charge is -2.24. The van der Waals surface area contributed by atoms with Crippen LogP contribution in [0.4, 0.5) is 5.82 Å². The number of aryl methyl sites for hydroxylation is 1. The number of amides is 1. The third-order valence-electron chi connectivity index (χ3n) is 4.30. The van der Waals surface area contributed by atoms with E-state index < -0.39 is 0 Å². The Kier molecular flexibility index (Phi) is 3.37. The lowest BCUT2D eigenvalue weighted by molar-refractivity contribution is 0.0733. The van der Waals surface area contributed by atoms with E-state index in [9.17, 15) is 4.79 Å². The number of likely N-dealkylation sites (tertiary alicyclic amines) is 1. The van der Waals surface area contributed by atoms with E-state index in [0.717, 1.165) is 24.1 Å². The monoisotopic (exact) mass is 323 g/mol. The van der Waals surface area contributed by atoms with Crippen molar-refractivity contribution in [2.45, 2.75) is 25.8 Å². The van der Waals surface area contributed by atoms with E-state index in [4.69, 9.17) is 5.73 Å². The molecule has 3 heterocycles. The van der Waals surface area contributed by atoms with Crippen LogP contribution >= 0.6 is 0 Å². The van der Waals surface area contributed by atoms with Gasteiger partial charge in [-0.25, -0.2) is 9.97 Å². The van der Waals surface area contributed by atoms with Gasteiger partial charge in [0.25, 0.3) is 5.91 Å². The predicted octanol–water partition coefficient (Wildman–Crippen LogP) is 1.62. The van der Waals surface area contributed by atoms with E-state index in [0.29, 0.717) is 29.3 Å². The Morgan fingerprint density at radius 2 is 2.08 bits per heavy atom. The number of fused-ring (bicyclic) bond motifs is 1. The molecule has 3 N–H and O–H groups in total. The minimum Gasteiger partial charge on any atom is -0.384 e. The highest BCUT2D eigenvalue weighted by Crippen LogP contribution is 2.33. The van der Waals surface area contributed by atoms with Crippen molar-refractivity contribution >= 4 is 22.8 Å². The number of carbonyl (C=O) groups is 1. The summed E-state index contributed by atoms with van der Waals surface area (Å²) < 4.78 is 0. The van der Waals surface area contributed by atoms with Crippen molar-refractivity contribution in [2.75, 3.05) is 12.3 Å². The highest BCUT2D eigenvalue weighted by atomic mass is 16.2. The first-order chi connectivity index (χ1) is 11.6. The molecule has 1 fully saturated rings. The summed E-state index contributed by atoms with van der Waals surface area (Å²) in [4.78, 5) is 23.4. The average Bonchev–Trinajstić information content (AvgIpc) is 3.21. The molecule has 2 aromatic heterocycles. The number of hydrogen-bond donors (Lipinski definition) is 2. The summed E-state index contributed by atoms with van der Waals surface area (Å²) in [6, 6.07) is 7.02. The van der Waals surface area contributed by atoms with Gasteiger partial charge in [-0.3, -0.25) is 4.79 Å². The van der Waals surface area contributed by atoms with Gasteiger partial charge in [0.15, 0.2) is 0 Å². The molecule has 0 saturated carbocycles. The summed E-state index contributed by atoms with van der Waals surface area (Å²) in [6.45, 7) is 2.50. The molecule has 3 aromatic rings. The average molecular weight is 323 g/mol. The van der Waals surface area contributed by atoms with Crippen molar-refractivity contribution in [3.05, 3.63) is 41.3 Å². The summed E-state index contributed by atoms with van der Waals surface area (Å²) in [5, 5.41) is 10.6. The maximum absolute atomic E-state index is 13.0. The van der Waals surface area contributed by atoms with Crippen LogP contribution in [0.3, 0.4) is 0 Å². The molecule has 1 amide bonds. The Labute approximate surface area is 138 Å². The molecule has 1 atom stereocenters. The fraction of sp³-hybridized carbons (Fsp3) is 0.312. The third-order valence-corrected chi connectivity index (χ3v) is 4.30. The van der Waals surface area contributed by atoms with Gasteiger partial charge in [-0.2, -0.15) is 15.4 Å². The summed E-state index contributed by atoms with van der Waals surface area (Å²) in [7, 11) is 0. The van der Waals surface area contributed by atoms with Crippen molar-refractivity contribution in [2.24, 2.45) is 0 Å². The lowest BCUT2D eigenvalue weighted by Crippen LogP contribution is -2.31. The highest BCUT2D eigenvalue weighted by molar-refractivity contribution is 5.97. The number of anilines is 1. The molecule has 4 rings (SSSR count). The molecule has 0 aliphatic carbocycles. The first-order valence-corrected chi connectivity index (χ1v) is 7.84. The number of hydrogen-bond acceptors (Lipinski definition) is 6. The second-order valence-corrected chi connectivity index (χ2v) is 5.95. The van der Waals surface area contributed by atoms with Crippen molar-refractivity contribution in [1.82, 2.24) is 30.3 Å². The number of carbonyl (C=O) groups excluding carboxylic acids is 1. The summed E-state index contributed by atoms with van der Waals surface area (Å²) in [6.07, 6.45) is 1.80. The molecule has 1 aliphatic rings. The lowest BCUT2D eigenvalue weighted by atomic mass is 10.1. The minimum atomic E-state index is -0.0745. The van der Waals surface area contributed by atoms with Crippen LogP contribution in [0.2, 0.25) is 0 Å². The van der Waals surface area contributed by atoms with Crippen LogP contribution in [0, 0.1) is 6.92 Å². The molecular formula is C16H17N7O. The van der Waals surface area contributed by atoms with Gasteiger partial charge in [0.05, 0.1) is 11.7 Å². The first-order valence-electron chi connectivity index (χ1n) is 7.84. The van der Waals surface area contributed by atoms with Gasteiger partial charge in [0.1, 0.15) is 22.7 Å². The molecule has 8 nitrogen and oxygen atoms in total. The molecule has 0 bridgehead atoms. The number of aromatic nitrogens is 5. The molecular weight excluding hydrogens is 306 g/mol. The number of aromatic amines is 1. The topological polar surface area (TPSA) is 114 Å². The number of nitrogens with zero attached hydrogens (tertiary/aromatic N) is 5. The zero-order chi connectivity index (χ0) is 16.7. The maximum Gasteiger partial charge on any atom is 0.254 e. The second kappa shape index (κ2) is 5.55. The smallest absolute Gasteiger partial charge is 0.254 e. The minimum absolute atomic E-state index is 0.0303. The van der Waals surface area contributed by atoms with Crippen molar-refractivity contribution in [1.29, 1.82) is 0 Å². The number of rotatable bonds is 2. The molecule has 0 radical (unpaired) electrons. The molecule has 24 heavy (non-hydrogen) atoms. The molecule has 1 saturated heterocycles. The number of nitrogen functional groups attached to an aromatic ring is 1. The fourth-order valence-electron chi connectivity index (χ4n) is 3.24. The van der Waals surface area contributed by atoms with Crippen LogP contribution in [-0.4, -0.2) is 42.7 Å². The standard InChI is InChI=1S/C16H17N7O/c1-9-18-13(8-15(17)19-9)14-3-2-6-23(14)16(24)10-4-5-11-12(7-10)21-22-20-11/h4-5,7-8,14H,2-3,6H2,1H3,(H2,17,18,19)(H,20,21,22)/t14-/m0/s1. The molecule has 1 aliphatic heterocycles. The van der Waals surface area contributed by atoms with Gasteiger partial charge in [-0.15, -0.1) is 0 Å². The van der Waals surface area contributed by atoms with Gasteiger partial charge >= 0.3 is 0 Å². The van der Waals surface area contributed by atoms with E-state index in [1.165, 1.54) is 0 Å². The first kappa shape index (κ1) is 14.6. The highest BCUT2D eigenvalue weighted by Gasteiger charge is 2.32. The number of H-pyrrole nitrogens is 1. The van der Waals surface area contributed by atoms with E-state index in [1.807, 2.05) is 4.90 Å².